The summed E-state index contributed by atoms with van der Waals surface area (Å²) in [5.41, 5.74) is 5.58. The third kappa shape index (κ3) is 7.10. The number of nitrogens with two attached hydrogens (primary N) is 1. The van der Waals surface area contributed by atoms with E-state index in [1.54, 1.807) is 24.3 Å². The summed E-state index contributed by atoms with van der Waals surface area (Å²) in [6.45, 7) is 1.44. The van der Waals surface area contributed by atoms with E-state index in [4.69, 9.17) is 22.1 Å². The molecule has 0 bridgehead atoms. The number of carbonyl (C=O) groups excluding carboxylic acids is 3. The van der Waals surface area contributed by atoms with Crippen LogP contribution in [0.25, 0.3) is 0 Å². The number of hydrogen-bond donors (Lipinski definition) is 3. The van der Waals surface area contributed by atoms with Crippen LogP contribution < -0.4 is 16.4 Å². The first-order chi connectivity index (χ1) is 11.3. The molecule has 0 unspecified atom stereocenters. The van der Waals surface area contributed by atoms with Crippen molar-refractivity contribution in [3.63, 3.8) is 0 Å². The number of urea groups is 1. The highest BCUT2D eigenvalue weighted by Gasteiger charge is 2.25. The fraction of sp³-hybridized carbons (Fsp3) is 0.400. The van der Waals surface area contributed by atoms with Crippen LogP contribution in [0.1, 0.15) is 13.3 Å². The van der Waals surface area contributed by atoms with Gasteiger partial charge in [-0.2, -0.15) is 11.8 Å². The molecule has 1 aromatic carbocycles. The van der Waals surface area contributed by atoms with Gasteiger partial charge in [0.15, 0.2) is 6.10 Å². The number of hydrogen-bond acceptors (Lipinski definition) is 5. The second-order valence-electron chi connectivity index (χ2n) is 4.92. The van der Waals surface area contributed by atoms with Crippen molar-refractivity contribution in [2.45, 2.75) is 25.5 Å². The largest absolute Gasteiger partial charge is 0.451 e. The molecule has 3 amide bonds. The van der Waals surface area contributed by atoms with Gasteiger partial charge in [-0.1, -0.05) is 11.6 Å². The average Bonchev–Trinajstić information content (AvgIpc) is 2.53. The lowest BCUT2D eigenvalue weighted by Crippen LogP contribution is -2.46. The number of nitrogens with one attached hydrogen (secondary N) is 2. The molecule has 0 spiro atoms. The van der Waals surface area contributed by atoms with Crippen molar-refractivity contribution in [3.05, 3.63) is 29.3 Å². The van der Waals surface area contributed by atoms with Crippen molar-refractivity contribution in [1.82, 2.24) is 5.32 Å². The highest BCUT2D eigenvalue weighted by Crippen LogP contribution is 2.14. The quantitative estimate of drug-likeness (QED) is 0.603. The molecule has 0 saturated heterocycles. The van der Waals surface area contributed by atoms with E-state index in [2.05, 4.69) is 10.6 Å². The highest BCUT2D eigenvalue weighted by atomic mass is 35.5. The van der Waals surface area contributed by atoms with E-state index in [-0.39, 0.29) is 0 Å². The molecule has 1 rings (SSSR count). The third-order valence-corrected chi connectivity index (χ3v) is 3.88. The van der Waals surface area contributed by atoms with Crippen molar-refractivity contribution in [2.24, 2.45) is 5.73 Å². The average molecular weight is 374 g/mol. The molecule has 132 valence electrons. The van der Waals surface area contributed by atoms with Crippen LogP contribution in [-0.4, -0.2) is 42.1 Å². The van der Waals surface area contributed by atoms with Crippen molar-refractivity contribution in [3.8, 4) is 0 Å². The maximum atomic E-state index is 12.1. The van der Waals surface area contributed by atoms with Crippen LogP contribution in [-0.2, 0) is 14.3 Å². The number of amides is 3. The fourth-order valence-corrected chi connectivity index (χ4v) is 2.34. The standard InChI is InChI=1S/C15H20ClN3O4S/c1-9(13(20)18-11-5-3-10(16)4-6-11)23-14(21)12(7-8-24-2)19-15(17)22/h3-6,9,12H,7-8H2,1-2H3,(H,18,20)(H3,17,19,22)/t9-,12-/m1/s1. The molecule has 4 N–H and O–H groups in total. The van der Waals surface area contributed by atoms with Crippen LogP contribution in [0.3, 0.4) is 0 Å². The molecule has 0 saturated carbocycles. The smallest absolute Gasteiger partial charge is 0.329 e. The highest BCUT2D eigenvalue weighted by molar-refractivity contribution is 7.98. The predicted molar refractivity (Wildman–Crippen MR) is 95.1 cm³/mol. The maximum Gasteiger partial charge on any atom is 0.329 e. The first-order valence-electron chi connectivity index (χ1n) is 7.15. The zero-order valence-corrected chi connectivity index (χ0v) is 14.9. The van der Waals surface area contributed by atoms with Crippen molar-refractivity contribution in [1.29, 1.82) is 0 Å². The number of rotatable bonds is 8. The molecule has 9 heteroatoms. The Morgan fingerprint density at radius 2 is 1.92 bits per heavy atom. The van der Waals surface area contributed by atoms with Crippen molar-refractivity contribution < 1.29 is 19.1 Å². The molecule has 0 aliphatic rings. The normalized spacial score (nSPS) is 12.8. The molecule has 0 aromatic heterocycles. The molecule has 0 radical (unpaired) electrons. The van der Waals surface area contributed by atoms with E-state index >= 15 is 0 Å². The molecular weight excluding hydrogens is 354 g/mol. The Kier molecular flexibility index (Phi) is 8.42. The first kappa shape index (κ1) is 20.1. The first-order valence-corrected chi connectivity index (χ1v) is 8.92. The zero-order valence-electron chi connectivity index (χ0n) is 13.4. The van der Waals surface area contributed by atoms with Gasteiger partial charge in [0.1, 0.15) is 6.04 Å². The Hall–Kier alpha value is -1.93. The second kappa shape index (κ2) is 10.0. The lowest BCUT2D eigenvalue weighted by atomic mass is 10.2. The van der Waals surface area contributed by atoms with Gasteiger partial charge in [0.2, 0.25) is 0 Å². The fourth-order valence-electron chi connectivity index (χ4n) is 1.74. The number of anilines is 1. The molecular formula is C15H20ClN3O4S. The van der Waals surface area contributed by atoms with Gasteiger partial charge in [-0.3, -0.25) is 4.79 Å². The molecule has 7 nitrogen and oxygen atoms in total. The predicted octanol–water partition coefficient (Wildman–Crippen LogP) is 2.00. The SMILES string of the molecule is CSCC[C@@H](NC(N)=O)C(=O)O[C@H](C)C(=O)Nc1ccc(Cl)cc1. The molecule has 24 heavy (non-hydrogen) atoms. The summed E-state index contributed by atoms with van der Waals surface area (Å²) in [5.74, 6) is -0.569. The number of halogens is 1. The number of benzene rings is 1. The zero-order chi connectivity index (χ0) is 18.1. The van der Waals surface area contributed by atoms with E-state index in [1.165, 1.54) is 18.7 Å². The van der Waals surface area contributed by atoms with Gasteiger partial charge >= 0.3 is 12.0 Å². The van der Waals surface area contributed by atoms with Crippen LogP contribution in [0.4, 0.5) is 10.5 Å². The molecule has 1 aromatic rings. The van der Waals surface area contributed by atoms with E-state index in [9.17, 15) is 14.4 Å². The van der Waals surface area contributed by atoms with Crippen LogP contribution in [0.5, 0.6) is 0 Å². The van der Waals surface area contributed by atoms with Crippen molar-refractivity contribution >= 4 is 47.0 Å². The van der Waals surface area contributed by atoms with Crippen LogP contribution in [0.2, 0.25) is 5.02 Å². The number of ether oxygens (including phenoxy) is 1. The number of primary amides is 1. The lowest BCUT2D eigenvalue weighted by Gasteiger charge is -2.19. The van der Waals surface area contributed by atoms with E-state index < -0.39 is 30.1 Å². The maximum absolute atomic E-state index is 12.1. The monoisotopic (exact) mass is 373 g/mol. The van der Waals surface area contributed by atoms with E-state index in [0.717, 1.165) is 0 Å². The molecule has 0 heterocycles. The van der Waals surface area contributed by atoms with Gasteiger partial charge in [0.25, 0.3) is 5.91 Å². The molecule has 0 aliphatic carbocycles. The number of esters is 1. The summed E-state index contributed by atoms with van der Waals surface area (Å²) in [5, 5.41) is 5.47. The number of carbonyl (C=O) groups is 3. The lowest BCUT2D eigenvalue weighted by molar-refractivity contribution is -0.155. The topological polar surface area (TPSA) is 111 Å². The van der Waals surface area contributed by atoms with Gasteiger partial charge in [0.05, 0.1) is 0 Å². The summed E-state index contributed by atoms with van der Waals surface area (Å²) in [7, 11) is 0. The minimum atomic E-state index is -1.03. The molecule has 0 fully saturated rings. The van der Waals surface area contributed by atoms with E-state index in [1.807, 2.05) is 6.26 Å². The summed E-state index contributed by atoms with van der Waals surface area (Å²) in [6.07, 6.45) is 1.20. The van der Waals surface area contributed by atoms with Crippen molar-refractivity contribution in [2.75, 3.05) is 17.3 Å². The Morgan fingerprint density at radius 3 is 2.46 bits per heavy atom. The molecule has 0 aliphatic heterocycles. The Morgan fingerprint density at radius 1 is 1.29 bits per heavy atom. The van der Waals surface area contributed by atoms with Crippen LogP contribution in [0.15, 0.2) is 24.3 Å². The molecule has 2 atom stereocenters. The van der Waals surface area contributed by atoms with Gasteiger partial charge in [-0.15, -0.1) is 0 Å². The van der Waals surface area contributed by atoms with Gasteiger partial charge in [-0.05, 0) is 49.6 Å². The second-order valence-corrected chi connectivity index (χ2v) is 6.34. The van der Waals surface area contributed by atoms with Crippen LogP contribution in [0, 0.1) is 0 Å². The van der Waals surface area contributed by atoms with E-state index in [0.29, 0.717) is 22.9 Å². The summed E-state index contributed by atoms with van der Waals surface area (Å²) in [4.78, 5) is 35.1. The Labute approximate surface area is 149 Å². The Bertz CT molecular complexity index is 583. The van der Waals surface area contributed by atoms with Gasteiger partial charge in [-0.25, -0.2) is 9.59 Å². The Balaban J connectivity index is 2.60. The number of thioether (sulfide) groups is 1. The van der Waals surface area contributed by atoms with Gasteiger partial charge in [0, 0.05) is 10.7 Å². The van der Waals surface area contributed by atoms with Crippen LogP contribution >= 0.6 is 23.4 Å². The summed E-state index contributed by atoms with van der Waals surface area (Å²) >= 11 is 7.28. The minimum Gasteiger partial charge on any atom is -0.451 e. The summed E-state index contributed by atoms with van der Waals surface area (Å²) < 4.78 is 5.11. The third-order valence-electron chi connectivity index (χ3n) is 2.99. The minimum absolute atomic E-state index is 0.356. The summed E-state index contributed by atoms with van der Waals surface area (Å²) in [6, 6.07) is 4.80. The van der Waals surface area contributed by atoms with Gasteiger partial charge < -0.3 is 21.1 Å².